The third kappa shape index (κ3) is 5.83. The first kappa shape index (κ1) is 23.7. The van der Waals surface area contributed by atoms with Gasteiger partial charge in [-0.3, -0.25) is 4.90 Å². The second kappa shape index (κ2) is 11.1. The fourth-order valence-corrected chi connectivity index (χ4v) is 3.93. The van der Waals surface area contributed by atoms with Gasteiger partial charge in [0.25, 0.3) is 0 Å². The van der Waals surface area contributed by atoms with Gasteiger partial charge in [-0.1, -0.05) is 18.2 Å². The number of benzene rings is 2. The third-order valence-electron chi connectivity index (χ3n) is 5.88. The minimum atomic E-state index is -0.277. The van der Waals surface area contributed by atoms with Gasteiger partial charge >= 0.3 is 6.03 Å². The normalized spacial score (nSPS) is 15.7. The standard InChI is InChI=1S/C24H35N5O3/c1-27(2)19-11-9-18(10-12-19)21(29-15-13-28(3)14-16-29)17-25-24(30)26-20-7-6-8-22(31-4)23(20)32-5/h6-12,21H,13-17H2,1-5H3,(H2,25,26,30). The molecule has 1 fully saturated rings. The largest absolute Gasteiger partial charge is 0.493 e. The number of carbonyl (C=O) groups excluding carboxylic acids is 1. The molecule has 1 saturated heterocycles. The Morgan fingerprint density at radius 3 is 2.31 bits per heavy atom. The number of rotatable bonds is 8. The van der Waals surface area contributed by atoms with Crippen LogP contribution in [0.25, 0.3) is 0 Å². The maximum absolute atomic E-state index is 12.7. The number of anilines is 2. The average Bonchev–Trinajstić information content (AvgIpc) is 2.80. The van der Waals surface area contributed by atoms with Gasteiger partial charge in [-0.25, -0.2) is 4.79 Å². The number of para-hydroxylation sites is 1. The molecule has 0 aromatic heterocycles. The van der Waals surface area contributed by atoms with E-state index < -0.39 is 0 Å². The van der Waals surface area contributed by atoms with Gasteiger partial charge in [-0.2, -0.15) is 0 Å². The maximum atomic E-state index is 12.7. The lowest BCUT2D eigenvalue weighted by Crippen LogP contribution is -2.48. The van der Waals surface area contributed by atoms with Crippen molar-refractivity contribution in [3.8, 4) is 11.5 Å². The van der Waals surface area contributed by atoms with E-state index in [1.165, 1.54) is 5.56 Å². The Balaban J connectivity index is 1.71. The number of hydrogen-bond acceptors (Lipinski definition) is 6. The highest BCUT2D eigenvalue weighted by atomic mass is 16.5. The van der Waals surface area contributed by atoms with E-state index in [4.69, 9.17) is 9.47 Å². The molecular weight excluding hydrogens is 406 g/mol. The quantitative estimate of drug-likeness (QED) is 0.657. The van der Waals surface area contributed by atoms with Crippen LogP contribution in [0.2, 0.25) is 0 Å². The summed E-state index contributed by atoms with van der Waals surface area (Å²) in [7, 11) is 9.34. The van der Waals surface area contributed by atoms with E-state index in [1.807, 2.05) is 20.2 Å². The third-order valence-corrected chi connectivity index (χ3v) is 5.88. The zero-order valence-corrected chi connectivity index (χ0v) is 19.7. The maximum Gasteiger partial charge on any atom is 0.319 e. The summed E-state index contributed by atoms with van der Waals surface area (Å²) in [4.78, 5) is 19.6. The molecule has 2 aromatic carbocycles. The fourth-order valence-electron chi connectivity index (χ4n) is 3.93. The predicted molar refractivity (Wildman–Crippen MR) is 129 cm³/mol. The van der Waals surface area contributed by atoms with E-state index in [-0.39, 0.29) is 12.1 Å². The summed E-state index contributed by atoms with van der Waals surface area (Å²) in [6, 6.07) is 13.8. The van der Waals surface area contributed by atoms with Crippen molar-refractivity contribution in [3.63, 3.8) is 0 Å². The van der Waals surface area contributed by atoms with Gasteiger partial charge in [0.15, 0.2) is 11.5 Å². The summed E-state index contributed by atoms with van der Waals surface area (Å²) in [5, 5.41) is 5.94. The highest BCUT2D eigenvalue weighted by Crippen LogP contribution is 2.34. The summed E-state index contributed by atoms with van der Waals surface area (Å²) < 4.78 is 10.7. The molecule has 8 heteroatoms. The molecule has 0 radical (unpaired) electrons. The number of ether oxygens (including phenoxy) is 2. The first-order chi connectivity index (χ1) is 15.4. The zero-order valence-electron chi connectivity index (χ0n) is 19.7. The summed E-state index contributed by atoms with van der Waals surface area (Å²) in [5.74, 6) is 1.07. The fraction of sp³-hybridized carbons (Fsp3) is 0.458. The van der Waals surface area contributed by atoms with E-state index >= 15 is 0 Å². The number of piperazine rings is 1. The number of hydrogen-bond donors (Lipinski definition) is 2. The van der Waals surface area contributed by atoms with Crippen molar-refractivity contribution < 1.29 is 14.3 Å². The van der Waals surface area contributed by atoms with E-state index in [0.29, 0.717) is 23.7 Å². The Bertz CT molecular complexity index is 880. The summed E-state index contributed by atoms with van der Waals surface area (Å²) in [6.45, 7) is 4.45. The van der Waals surface area contributed by atoms with E-state index in [0.717, 1.165) is 31.9 Å². The Labute approximate surface area is 191 Å². The molecule has 32 heavy (non-hydrogen) atoms. The molecule has 1 unspecified atom stereocenters. The molecule has 2 aromatic rings. The van der Waals surface area contributed by atoms with E-state index in [2.05, 4.69) is 56.6 Å². The Morgan fingerprint density at radius 1 is 1.03 bits per heavy atom. The predicted octanol–water partition coefficient (Wildman–Crippen LogP) is 2.88. The molecule has 1 heterocycles. The molecule has 8 nitrogen and oxygen atoms in total. The summed E-state index contributed by atoms with van der Waals surface area (Å²) in [6.07, 6.45) is 0. The van der Waals surface area contributed by atoms with Gasteiger partial charge in [0.1, 0.15) is 0 Å². The highest BCUT2D eigenvalue weighted by Gasteiger charge is 2.25. The van der Waals surface area contributed by atoms with Gasteiger partial charge in [0.2, 0.25) is 0 Å². The number of likely N-dealkylation sites (N-methyl/N-ethyl adjacent to an activating group) is 1. The molecular formula is C24H35N5O3. The van der Waals surface area contributed by atoms with Crippen LogP contribution in [-0.4, -0.2) is 83.9 Å². The molecule has 1 aliphatic rings. The molecule has 1 atom stereocenters. The molecule has 2 amide bonds. The van der Waals surface area contributed by atoms with Crippen LogP contribution < -0.4 is 25.0 Å². The number of methoxy groups -OCH3 is 2. The topological polar surface area (TPSA) is 69.3 Å². The number of urea groups is 1. The first-order valence-electron chi connectivity index (χ1n) is 10.9. The van der Waals surface area contributed by atoms with Crippen LogP contribution >= 0.6 is 0 Å². The van der Waals surface area contributed by atoms with Gasteiger partial charge in [0.05, 0.1) is 25.9 Å². The second-order valence-electron chi connectivity index (χ2n) is 8.22. The molecule has 0 saturated carbocycles. The smallest absolute Gasteiger partial charge is 0.319 e. The van der Waals surface area contributed by atoms with Crippen LogP contribution in [0.4, 0.5) is 16.2 Å². The first-order valence-corrected chi connectivity index (χ1v) is 10.9. The molecule has 2 N–H and O–H groups in total. The number of amides is 2. The Hall–Kier alpha value is -2.97. The van der Waals surface area contributed by atoms with Crippen LogP contribution in [-0.2, 0) is 0 Å². The van der Waals surface area contributed by atoms with Crippen molar-refractivity contribution in [2.75, 3.05) is 78.3 Å². The number of nitrogens with one attached hydrogen (secondary N) is 2. The molecule has 0 spiro atoms. The highest BCUT2D eigenvalue weighted by molar-refractivity contribution is 5.91. The van der Waals surface area contributed by atoms with Crippen LogP contribution in [0.1, 0.15) is 11.6 Å². The minimum Gasteiger partial charge on any atom is -0.493 e. The summed E-state index contributed by atoms with van der Waals surface area (Å²) >= 11 is 0. The monoisotopic (exact) mass is 441 g/mol. The van der Waals surface area contributed by atoms with Crippen molar-refractivity contribution in [1.82, 2.24) is 15.1 Å². The lowest BCUT2D eigenvalue weighted by molar-refractivity contribution is 0.111. The SMILES string of the molecule is COc1cccc(NC(=O)NCC(c2ccc(N(C)C)cc2)N2CCN(C)CC2)c1OC. The van der Waals surface area contributed by atoms with Gasteiger partial charge < -0.3 is 29.9 Å². The Morgan fingerprint density at radius 2 is 1.72 bits per heavy atom. The van der Waals surface area contributed by atoms with Crippen molar-refractivity contribution in [2.45, 2.75) is 6.04 Å². The number of carbonyl (C=O) groups is 1. The average molecular weight is 442 g/mol. The molecule has 0 aliphatic carbocycles. The van der Waals surface area contributed by atoms with Gasteiger partial charge in [0, 0.05) is 52.5 Å². The number of nitrogens with zero attached hydrogens (tertiary/aromatic N) is 3. The zero-order chi connectivity index (χ0) is 23.1. The van der Waals surface area contributed by atoms with Crippen LogP contribution in [0.3, 0.4) is 0 Å². The summed E-state index contributed by atoms with van der Waals surface area (Å²) in [5.41, 5.74) is 2.91. The van der Waals surface area contributed by atoms with Crippen LogP contribution in [0.15, 0.2) is 42.5 Å². The van der Waals surface area contributed by atoms with Gasteiger partial charge in [-0.15, -0.1) is 0 Å². The van der Waals surface area contributed by atoms with Crippen LogP contribution in [0, 0.1) is 0 Å². The van der Waals surface area contributed by atoms with Crippen molar-refractivity contribution in [1.29, 1.82) is 0 Å². The van der Waals surface area contributed by atoms with Gasteiger partial charge in [-0.05, 0) is 36.9 Å². The van der Waals surface area contributed by atoms with Crippen molar-refractivity contribution >= 4 is 17.4 Å². The molecule has 174 valence electrons. The minimum absolute atomic E-state index is 0.0952. The lowest BCUT2D eigenvalue weighted by atomic mass is 10.0. The van der Waals surface area contributed by atoms with E-state index in [9.17, 15) is 4.79 Å². The molecule has 1 aliphatic heterocycles. The second-order valence-corrected chi connectivity index (χ2v) is 8.22. The van der Waals surface area contributed by atoms with Crippen molar-refractivity contribution in [3.05, 3.63) is 48.0 Å². The Kier molecular flexibility index (Phi) is 8.19. The van der Waals surface area contributed by atoms with Crippen LogP contribution in [0.5, 0.6) is 11.5 Å². The van der Waals surface area contributed by atoms with E-state index in [1.54, 1.807) is 26.4 Å². The molecule has 3 rings (SSSR count). The molecule has 0 bridgehead atoms. The lowest BCUT2D eigenvalue weighted by Gasteiger charge is -2.38. The van der Waals surface area contributed by atoms with Crippen molar-refractivity contribution in [2.24, 2.45) is 0 Å².